The first-order valence-corrected chi connectivity index (χ1v) is 10.9. The van der Waals surface area contributed by atoms with Gasteiger partial charge in [0.1, 0.15) is 5.82 Å². The second-order valence-electron chi connectivity index (χ2n) is 7.15. The number of thioether (sulfide) groups is 1. The van der Waals surface area contributed by atoms with Gasteiger partial charge in [-0.1, -0.05) is 47.6 Å². The van der Waals surface area contributed by atoms with Crippen LogP contribution >= 0.6 is 23.4 Å². The Hall–Kier alpha value is -3.10. The minimum Gasteiger partial charge on any atom is -0.326 e. The topological polar surface area (TPSA) is 104 Å². The highest BCUT2D eigenvalue weighted by molar-refractivity contribution is 7.98. The molecule has 9 heteroatoms. The molecule has 3 N–H and O–H groups in total. The fourth-order valence-electron chi connectivity index (χ4n) is 3.32. The second-order valence-corrected chi connectivity index (χ2v) is 8.55. The maximum absolute atomic E-state index is 12.8. The Labute approximate surface area is 187 Å². The lowest BCUT2D eigenvalue weighted by Crippen LogP contribution is -2.36. The van der Waals surface area contributed by atoms with Gasteiger partial charge in [-0.3, -0.25) is 14.4 Å². The van der Waals surface area contributed by atoms with Crippen LogP contribution in [0.5, 0.6) is 0 Å². The molecule has 2 aromatic carbocycles. The third-order valence-corrected chi connectivity index (χ3v) is 6.16. The summed E-state index contributed by atoms with van der Waals surface area (Å²) in [5.74, 6) is -1.01. The zero-order valence-electron chi connectivity index (χ0n) is 16.6. The number of rotatable bonds is 5. The molecule has 1 unspecified atom stereocenters. The number of amides is 2. The van der Waals surface area contributed by atoms with Gasteiger partial charge in [0.05, 0.1) is 11.5 Å². The number of benzene rings is 2. The van der Waals surface area contributed by atoms with Crippen LogP contribution in [0.25, 0.3) is 0 Å². The molecule has 3 aromatic rings. The number of hydrogen-bond acceptors (Lipinski definition) is 5. The number of anilines is 2. The van der Waals surface area contributed by atoms with Crippen molar-refractivity contribution in [1.29, 1.82) is 0 Å². The Kier molecular flexibility index (Phi) is 6.11. The molecule has 0 saturated carbocycles. The van der Waals surface area contributed by atoms with Gasteiger partial charge in [-0.25, -0.2) is 4.98 Å². The van der Waals surface area contributed by atoms with E-state index in [9.17, 15) is 14.4 Å². The Morgan fingerprint density at radius 3 is 2.68 bits per heavy atom. The van der Waals surface area contributed by atoms with Crippen molar-refractivity contribution in [1.82, 2.24) is 9.97 Å². The lowest BCUT2D eigenvalue weighted by atomic mass is 9.92. The smallest absolute Gasteiger partial charge is 0.257 e. The number of halogens is 1. The molecule has 1 aliphatic heterocycles. The number of nitrogens with one attached hydrogen (secondary N) is 3. The number of carbonyl (C=O) groups excluding carboxylic acids is 2. The highest BCUT2D eigenvalue weighted by Gasteiger charge is 2.34. The highest BCUT2D eigenvalue weighted by atomic mass is 35.5. The van der Waals surface area contributed by atoms with Crippen molar-refractivity contribution in [2.75, 3.05) is 10.6 Å². The van der Waals surface area contributed by atoms with Crippen molar-refractivity contribution in [3.8, 4) is 0 Å². The van der Waals surface area contributed by atoms with Crippen molar-refractivity contribution in [2.24, 2.45) is 0 Å². The monoisotopic (exact) mass is 454 g/mol. The molecule has 2 heterocycles. The van der Waals surface area contributed by atoms with E-state index in [4.69, 9.17) is 11.6 Å². The van der Waals surface area contributed by atoms with Crippen LogP contribution < -0.4 is 16.2 Å². The van der Waals surface area contributed by atoms with E-state index < -0.39 is 17.4 Å². The molecule has 0 radical (unpaired) electrons. The fourth-order valence-corrected chi connectivity index (χ4v) is 4.39. The summed E-state index contributed by atoms with van der Waals surface area (Å²) in [6.07, 6.45) is -0.132. The number of nitrogens with zero attached hydrogens (tertiary/aromatic N) is 1. The van der Waals surface area contributed by atoms with Gasteiger partial charge in [0.2, 0.25) is 11.8 Å². The summed E-state index contributed by atoms with van der Waals surface area (Å²) in [6.45, 7) is 2.02. The number of aryl methyl sites for hydroxylation is 1. The molecule has 0 spiro atoms. The van der Waals surface area contributed by atoms with Gasteiger partial charge < -0.3 is 15.6 Å². The van der Waals surface area contributed by atoms with Crippen molar-refractivity contribution in [2.45, 2.75) is 30.2 Å². The molecule has 0 aliphatic carbocycles. The summed E-state index contributed by atoms with van der Waals surface area (Å²) in [4.78, 5) is 45.0. The van der Waals surface area contributed by atoms with E-state index >= 15 is 0 Å². The van der Waals surface area contributed by atoms with Gasteiger partial charge >= 0.3 is 0 Å². The van der Waals surface area contributed by atoms with Crippen molar-refractivity contribution in [3.63, 3.8) is 0 Å². The van der Waals surface area contributed by atoms with Crippen LogP contribution in [-0.2, 0) is 15.3 Å². The predicted molar refractivity (Wildman–Crippen MR) is 122 cm³/mol. The van der Waals surface area contributed by atoms with E-state index in [0.29, 0.717) is 21.6 Å². The first kappa shape index (κ1) is 21.1. The van der Waals surface area contributed by atoms with E-state index in [1.807, 2.05) is 31.2 Å². The zero-order chi connectivity index (χ0) is 22.0. The average molecular weight is 455 g/mol. The minimum absolute atomic E-state index is 0.128. The molecule has 1 aliphatic rings. The van der Waals surface area contributed by atoms with Crippen LogP contribution in [0.15, 0.2) is 58.5 Å². The van der Waals surface area contributed by atoms with Crippen LogP contribution in [-0.4, -0.2) is 21.8 Å². The van der Waals surface area contributed by atoms with Gasteiger partial charge in [-0.2, -0.15) is 0 Å². The summed E-state index contributed by atoms with van der Waals surface area (Å²) in [5.41, 5.74) is 2.51. The predicted octanol–water partition coefficient (Wildman–Crippen LogP) is 4.09. The Morgan fingerprint density at radius 1 is 1.19 bits per heavy atom. The maximum atomic E-state index is 12.8. The van der Waals surface area contributed by atoms with Crippen LogP contribution in [0.3, 0.4) is 0 Å². The maximum Gasteiger partial charge on any atom is 0.257 e. The molecule has 2 amide bonds. The summed E-state index contributed by atoms with van der Waals surface area (Å²) in [7, 11) is 0. The first-order chi connectivity index (χ1) is 14.9. The highest BCUT2D eigenvalue weighted by Crippen LogP contribution is 2.31. The molecule has 1 aromatic heterocycles. The molecule has 31 heavy (non-hydrogen) atoms. The fraction of sp³-hybridized carbons (Fsp3) is 0.182. The minimum atomic E-state index is -0.939. The second kappa shape index (κ2) is 8.95. The number of aromatic amines is 1. The summed E-state index contributed by atoms with van der Waals surface area (Å²) >= 11 is 7.23. The third kappa shape index (κ3) is 4.81. The van der Waals surface area contributed by atoms with Gasteiger partial charge in [0.15, 0.2) is 5.16 Å². The molecular formula is C22H19ClN4O3S. The van der Waals surface area contributed by atoms with E-state index in [1.165, 1.54) is 11.8 Å². The number of hydrogen-bond donors (Lipinski definition) is 3. The quantitative estimate of drug-likeness (QED) is 0.398. The third-order valence-electron chi connectivity index (χ3n) is 4.98. The van der Waals surface area contributed by atoms with Crippen molar-refractivity contribution >= 4 is 46.7 Å². The number of fused-ring (bicyclic) bond motifs is 1. The molecule has 7 nitrogen and oxygen atoms in total. The number of carbonyl (C=O) groups is 2. The molecule has 0 bridgehead atoms. The van der Waals surface area contributed by atoms with Gasteiger partial charge in [-0.05, 0) is 42.3 Å². The molecule has 4 rings (SSSR count). The molecule has 0 fully saturated rings. The van der Waals surface area contributed by atoms with E-state index in [-0.39, 0.29) is 23.7 Å². The summed E-state index contributed by atoms with van der Waals surface area (Å²) < 4.78 is 0. The zero-order valence-corrected chi connectivity index (χ0v) is 18.1. The Bertz CT molecular complexity index is 1210. The molecule has 158 valence electrons. The first-order valence-electron chi connectivity index (χ1n) is 9.58. The normalized spacial score (nSPS) is 15.2. The SMILES string of the molecule is Cc1ccccc1CSc1nc2c(c(=O)[nH]1)C(C(=O)Nc1ccc(Cl)cc1)CC(=O)N2. The van der Waals surface area contributed by atoms with E-state index in [0.717, 1.165) is 11.1 Å². The van der Waals surface area contributed by atoms with Crippen LogP contribution in [0.4, 0.5) is 11.5 Å². The summed E-state index contributed by atoms with van der Waals surface area (Å²) in [5, 5.41) is 6.28. The van der Waals surface area contributed by atoms with Crippen molar-refractivity contribution in [3.05, 3.63) is 80.6 Å². The largest absolute Gasteiger partial charge is 0.326 e. The van der Waals surface area contributed by atoms with Gasteiger partial charge in [-0.15, -0.1) is 0 Å². The molecule has 1 atom stereocenters. The molecule has 0 saturated heterocycles. The average Bonchev–Trinajstić information content (AvgIpc) is 2.74. The number of aromatic nitrogens is 2. The summed E-state index contributed by atoms with van der Waals surface area (Å²) in [6, 6.07) is 14.5. The molecular weight excluding hydrogens is 436 g/mol. The lowest BCUT2D eigenvalue weighted by Gasteiger charge is -2.23. The van der Waals surface area contributed by atoms with Gasteiger partial charge in [0.25, 0.3) is 5.56 Å². The Balaban J connectivity index is 1.58. The van der Waals surface area contributed by atoms with Gasteiger partial charge in [0, 0.05) is 22.9 Å². The van der Waals surface area contributed by atoms with Crippen LogP contribution in [0, 0.1) is 6.92 Å². The Morgan fingerprint density at radius 2 is 1.94 bits per heavy atom. The van der Waals surface area contributed by atoms with Crippen LogP contribution in [0.1, 0.15) is 29.0 Å². The van der Waals surface area contributed by atoms with E-state index in [1.54, 1.807) is 24.3 Å². The number of H-pyrrole nitrogens is 1. The standard InChI is InChI=1S/C22H19ClN4O3S/c1-12-4-2-3-5-13(12)11-31-22-26-19-18(21(30)27-22)16(10-17(28)25-19)20(29)24-15-8-6-14(23)7-9-15/h2-9,16H,10-11H2,1H3,(H,24,29)(H2,25,26,27,28,30). The lowest BCUT2D eigenvalue weighted by molar-refractivity contribution is -0.123. The van der Waals surface area contributed by atoms with Crippen LogP contribution in [0.2, 0.25) is 5.02 Å². The van der Waals surface area contributed by atoms with E-state index in [2.05, 4.69) is 20.6 Å². The van der Waals surface area contributed by atoms with Crippen molar-refractivity contribution < 1.29 is 9.59 Å².